The maximum absolute atomic E-state index is 12.1. The number of nitrogens with one attached hydrogen (secondary N) is 3. The molecule has 0 fully saturated rings. The van der Waals surface area contributed by atoms with Crippen molar-refractivity contribution in [1.82, 2.24) is 20.9 Å². The van der Waals surface area contributed by atoms with E-state index in [0.29, 0.717) is 25.9 Å². The van der Waals surface area contributed by atoms with E-state index in [1.165, 1.54) is 38.5 Å². The molecule has 1 rings (SSSR count). The quantitative estimate of drug-likeness (QED) is 0.141. The van der Waals surface area contributed by atoms with Crippen LogP contribution in [0, 0.1) is 0 Å². The first-order valence-corrected chi connectivity index (χ1v) is 14.7. The summed E-state index contributed by atoms with van der Waals surface area (Å²) < 4.78 is 0. The number of rotatable bonds is 22. The molecule has 0 aliphatic heterocycles. The van der Waals surface area contributed by atoms with Crippen LogP contribution in [-0.4, -0.2) is 35.0 Å². The summed E-state index contributed by atoms with van der Waals surface area (Å²) in [5.41, 5.74) is 1.07. The van der Waals surface area contributed by atoms with Gasteiger partial charge in [0.05, 0.1) is 0 Å². The van der Waals surface area contributed by atoms with Crippen LogP contribution in [-0.2, 0) is 20.9 Å². The monoisotopic (exact) mass is 520 g/mol. The van der Waals surface area contributed by atoms with Crippen LogP contribution in [0.1, 0.15) is 115 Å². The van der Waals surface area contributed by atoms with Crippen molar-refractivity contribution < 1.29 is 14.4 Å². The molecule has 0 aliphatic carbocycles. The molecule has 8 heteroatoms. The molecule has 0 bridgehead atoms. The Bertz CT molecular complexity index is 718. The largest absolute Gasteiger partial charge is 0.354 e. The summed E-state index contributed by atoms with van der Waals surface area (Å²) in [7, 11) is 2.42. The van der Waals surface area contributed by atoms with Crippen molar-refractivity contribution in [3.8, 4) is 0 Å². The van der Waals surface area contributed by atoms with Crippen LogP contribution >= 0.6 is 9.24 Å². The Morgan fingerprint density at radius 1 is 0.750 bits per heavy atom. The predicted molar refractivity (Wildman–Crippen MR) is 150 cm³/mol. The fourth-order valence-corrected chi connectivity index (χ4v) is 4.26. The van der Waals surface area contributed by atoms with E-state index in [1.807, 2.05) is 12.1 Å². The Kier molecular flexibility index (Phi) is 19.8. The first kappa shape index (κ1) is 32.0. The molecule has 36 heavy (non-hydrogen) atoms. The van der Waals surface area contributed by atoms with Crippen molar-refractivity contribution in [2.24, 2.45) is 0 Å². The van der Waals surface area contributed by atoms with Crippen LogP contribution < -0.4 is 16.0 Å². The number of carbonyl (C=O) groups is 3. The van der Waals surface area contributed by atoms with Crippen LogP contribution in [0.25, 0.3) is 0 Å². The lowest BCUT2D eigenvalue weighted by atomic mass is 10.1. The van der Waals surface area contributed by atoms with E-state index in [2.05, 4.69) is 37.1 Å². The van der Waals surface area contributed by atoms with E-state index < -0.39 is 5.78 Å². The topological polar surface area (TPSA) is 100 Å². The summed E-state index contributed by atoms with van der Waals surface area (Å²) in [4.78, 5) is 40.0. The molecule has 204 valence electrons. The van der Waals surface area contributed by atoms with Gasteiger partial charge in [0.2, 0.25) is 17.7 Å². The lowest BCUT2D eigenvalue weighted by molar-refractivity contribution is -0.127. The molecule has 3 amide bonds. The van der Waals surface area contributed by atoms with Gasteiger partial charge in [-0.25, -0.2) is 0 Å². The Hall–Kier alpha value is -2.01. The maximum atomic E-state index is 12.1. The minimum Gasteiger partial charge on any atom is -0.354 e. The van der Waals surface area contributed by atoms with Gasteiger partial charge in [0.15, 0.2) is 0 Å². The third-order valence-corrected chi connectivity index (χ3v) is 6.69. The zero-order valence-electron chi connectivity index (χ0n) is 22.4. The van der Waals surface area contributed by atoms with Crippen molar-refractivity contribution in [3.63, 3.8) is 0 Å². The normalized spacial score (nSPS) is 11.6. The van der Waals surface area contributed by atoms with Gasteiger partial charge in [-0.05, 0) is 37.0 Å². The first-order chi connectivity index (χ1) is 17.5. The summed E-state index contributed by atoms with van der Waals surface area (Å²) >= 11 is 0. The van der Waals surface area contributed by atoms with Crippen molar-refractivity contribution in [2.45, 2.75) is 122 Å². The minimum atomic E-state index is -0.560. The van der Waals surface area contributed by atoms with E-state index >= 15 is 0 Å². The van der Waals surface area contributed by atoms with Gasteiger partial charge >= 0.3 is 0 Å². The zero-order valence-corrected chi connectivity index (χ0v) is 23.5. The highest BCUT2D eigenvalue weighted by atomic mass is 31.0. The van der Waals surface area contributed by atoms with E-state index in [0.717, 1.165) is 56.9 Å². The van der Waals surface area contributed by atoms with Gasteiger partial charge < -0.3 is 16.0 Å². The molecule has 0 saturated heterocycles. The van der Waals surface area contributed by atoms with Crippen molar-refractivity contribution in [3.05, 3.63) is 30.1 Å². The second-order valence-electron chi connectivity index (χ2n) is 9.56. The standard InChI is InChI=1S/C28H49N4O3P/c1-2-3-4-5-10-14-17-26(34)32-28(36)27(35)30-20-15-12-9-7-6-8-11-13-16-25(33)31-23-24-18-21-29-22-19-24/h18-19,21-22,28H,2-17,20,23,36H2,1H3,(H,30,35)(H,31,33)(H,32,34)/t28-/m1/s1. The third-order valence-electron chi connectivity index (χ3n) is 6.23. The molecular formula is C28H49N4O3P. The Morgan fingerprint density at radius 2 is 1.28 bits per heavy atom. The van der Waals surface area contributed by atoms with Gasteiger partial charge in [0.1, 0.15) is 5.78 Å². The van der Waals surface area contributed by atoms with Crippen LogP contribution in [0.5, 0.6) is 0 Å². The molecule has 1 aromatic rings. The Labute approximate surface area is 221 Å². The van der Waals surface area contributed by atoms with Crippen molar-refractivity contribution in [2.75, 3.05) is 6.54 Å². The number of aromatic nitrogens is 1. The molecule has 1 heterocycles. The number of pyridine rings is 1. The number of hydrogen-bond donors (Lipinski definition) is 3. The number of amides is 3. The Morgan fingerprint density at radius 3 is 1.89 bits per heavy atom. The summed E-state index contributed by atoms with van der Waals surface area (Å²) in [5.74, 6) is -0.637. The highest BCUT2D eigenvalue weighted by Crippen LogP contribution is 2.10. The van der Waals surface area contributed by atoms with Gasteiger partial charge in [0, 0.05) is 38.3 Å². The molecule has 0 spiro atoms. The molecule has 3 N–H and O–H groups in total. The second-order valence-corrected chi connectivity index (χ2v) is 10.2. The number of nitrogens with zero attached hydrogens (tertiary/aromatic N) is 1. The molecule has 2 atom stereocenters. The van der Waals surface area contributed by atoms with Gasteiger partial charge in [-0.15, -0.1) is 9.24 Å². The van der Waals surface area contributed by atoms with Gasteiger partial charge in [0.25, 0.3) is 0 Å². The fourth-order valence-electron chi connectivity index (χ4n) is 3.96. The van der Waals surface area contributed by atoms with Crippen LogP contribution in [0.3, 0.4) is 0 Å². The molecule has 0 aromatic carbocycles. The minimum absolute atomic E-state index is 0.0498. The average molecular weight is 521 g/mol. The van der Waals surface area contributed by atoms with Crippen molar-refractivity contribution in [1.29, 1.82) is 0 Å². The van der Waals surface area contributed by atoms with Crippen molar-refractivity contribution >= 4 is 27.0 Å². The Balaban J connectivity index is 1.88. The van der Waals surface area contributed by atoms with E-state index in [9.17, 15) is 14.4 Å². The van der Waals surface area contributed by atoms with Gasteiger partial charge in [-0.1, -0.05) is 77.6 Å². The number of unbranched alkanes of at least 4 members (excludes halogenated alkanes) is 12. The SMILES string of the molecule is CCCCCCCCC(=O)N[C@H](P)C(=O)NCCCCCCCCCCC(=O)NCc1ccncc1. The molecule has 7 nitrogen and oxygen atoms in total. The van der Waals surface area contributed by atoms with Crippen LogP contribution in [0.2, 0.25) is 0 Å². The maximum Gasteiger partial charge on any atom is 0.246 e. The lowest BCUT2D eigenvalue weighted by Gasteiger charge is -2.14. The number of hydrogen-bond acceptors (Lipinski definition) is 4. The predicted octanol–water partition coefficient (Wildman–Crippen LogP) is 5.39. The summed E-state index contributed by atoms with van der Waals surface area (Å²) in [6.45, 7) is 3.40. The second kappa shape index (κ2) is 22.2. The molecular weight excluding hydrogens is 471 g/mol. The molecule has 0 aliphatic rings. The van der Waals surface area contributed by atoms with Gasteiger partial charge in [-0.2, -0.15) is 0 Å². The third kappa shape index (κ3) is 18.3. The highest BCUT2D eigenvalue weighted by Gasteiger charge is 2.14. The lowest BCUT2D eigenvalue weighted by Crippen LogP contribution is -2.43. The summed E-state index contributed by atoms with van der Waals surface area (Å²) in [6, 6.07) is 3.82. The molecule has 1 unspecified atom stereocenters. The van der Waals surface area contributed by atoms with E-state index in [1.54, 1.807) is 12.4 Å². The zero-order chi connectivity index (χ0) is 26.3. The molecule has 0 radical (unpaired) electrons. The number of carbonyl (C=O) groups excluding carboxylic acids is 3. The summed E-state index contributed by atoms with van der Waals surface area (Å²) in [5, 5.41) is 8.64. The average Bonchev–Trinajstić information content (AvgIpc) is 2.88. The van der Waals surface area contributed by atoms with E-state index in [-0.39, 0.29) is 17.7 Å². The van der Waals surface area contributed by atoms with Crippen LogP contribution in [0.4, 0.5) is 0 Å². The van der Waals surface area contributed by atoms with Crippen LogP contribution in [0.15, 0.2) is 24.5 Å². The smallest absolute Gasteiger partial charge is 0.246 e. The van der Waals surface area contributed by atoms with Gasteiger partial charge in [-0.3, -0.25) is 19.4 Å². The van der Waals surface area contributed by atoms with E-state index in [4.69, 9.17) is 0 Å². The first-order valence-electron chi connectivity index (χ1n) is 14.0. The molecule has 0 saturated carbocycles. The summed E-state index contributed by atoms with van der Waals surface area (Å²) in [6.07, 6.45) is 20.1. The highest BCUT2D eigenvalue weighted by molar-refractivity contribution is 7.19. The fraction of sp³-hybridized carbons (Fsp3) is 0.714. The molecule has 1 aromatic heterocycles.